The van der Waals surface area contributed by atoms with Gasteiger partial charge in [-0.05, 0) is 50.6 Å². The molecule has 1 fully saturated rings. The van der Waals surface area contributed by atoms with Crippen molar-refractivity contribution < 1.29 is 18.3 Å². The van der Waals surface area contributed by atoms with Crippen molar-refractivity contribution in [2.24, 2.45) is 0 Å². The van der Waals surface area contributed by atoms with Crippen LogP contribution in [0.4, 0.5) is 25.8 Å². The van der Waals surface area contributed by atoms with E-state index in [9.17, 15) is 18.4 Å². The molecule has 1 unspecified atom stereocenters. The fourth-order valence-corrected chi connectivity index (χ4v) is 4.33. The Balaban J connectivity index is 1.74. The number of ether oxygens (including phenoxy) is 1. The average Bonchev–Trinajstić information content (AvgIpc) is 3.34. The summed E-state index contributed by atoms with van der Waals surface area (Å²) < 4.78 is 34.7. The number of hydrogen-bond donors (Lipinski definition) is 3. The summed E-state index contributed by atoms with van der Waals surface area (Å²) in [6, 6.07) is 8.99. The number of carbonyl (C=O) groups excluding carboxylic acids is 1. The van der Waals surface area contributed by atoms with Crippen LogP contribution in [-0.2, 0) is 4.74 Å². The molecule has 4 rings (SSSR count). The number of para-hydroxylation sites is 1. The second-order valence-electron chi connectivity index (χ2n) is 8.95. The first kappa shape index (κ1) is 26.0. The van der Waals surface area contributed by atoms with Crippen LogP contribution < -0.4 is 21.1 Å². The molecule has 3 N–H and O–H groups in total. The first-order valence-corrected chi connectivity index (χ1v) is 11.8. The summed E-state index contributed by atoms with van der Waals surface area (Å²) >= 11 is 0. The van der Waals surface area contributed by atoms with Crippen LogP contribution >= 0.6 is 0 Å². The van der Waals surface area contributed by atoms with E-state index in [0.717, 1.165) is 30.3 Å². The number of carbonyl (C=O) groups is 1. The second-order valence-corrected chi connectivity index (χ2v) is 8.95. The first-order chi connectivity index (χ1) is 17.7. The number of nitrogens with zero attached hydrogens (tertiary/aromatic N) is 3. The van der Waals surface area contributed by atoms with E-state index in [1.165, 1.54) is 18.3 Å². The van der Waals surface area contributed by atoms with Crippen molar-refractivity contribution in [1.82, 2.24) is 9.78 Å². The molecule has 1 aliphatic rings. The van der Waals surface area contributed by atoms with E-state index >= 15 is 0 Å². The van der Waals surface area contributed by atoms with Crippen LogP contribution in [0.5, 0.6) is 0 Å². The van der Waals surface area contributed by atoms with Crippen molar-refractivity contribution in [3.05, 3.63) is 75.7 Å². The van der Waals surface area contributed by atoms with Crippen molar-refractivity contribution in [1.29, 1.82) is 5.41 Å². The minimum atomic E-state index is -0.986. The van der Waals surface area contributed by atoms with E-state index in [0.29, 0.717) is 34.7 Å². The number of hydrogen-bond acceptors (Lipinski definition) is 7. The first-order valence-electron chi connectivity index (χ1n) is 11.8. The van der Waals surface area contributed by atoms with Gasteiger partial charge in [0.15, 0.2) is 11.6 Å². The zero-order valence-corrected chi connectivity index (χ0v) is 20.7. The number of anilines is 3. The number of nitrogens with one attached hydrogen (secondary N) is 3. The third-order valence-corrected chi connectivity index (χ3v) is 6.03. The number of rotatable bonds is 8. The quantitative estimate of drug-likeness (QED) is 0.398. The normalized spacial score (nSPS) is 15.2. The molecule has 1 amide bonds. The highest BCUT2D eigenvalue weighted by atomic mass is 19.1. The van der Waals surface area contributed by atoms with Gasteiger partial charge in [-0.2, -0.15) is 9.78 Å². The summed E-state index contributed by atoms with van der Waals surface area (Å²) in [4.78, 5) is 27.6. The Bertz CT molecular complexity index is 1370. The van der Waals surface area contributed by atoms with E-state index in [4.69, 9.17) is 10.1 Å². The standard InChI is InChI=1S/C26H28F2N6O3/c1-15(2)30-20-7-8-21(24(17(20)13-29)33-12-11-16(14-33)37-3)31-26(36)22-9-10-23(35)34(32-22)25-18(27)5-4-6-19(25)28/h4-10,13,15-16,29-30H,11-12,14H2,1-3H3,(H,31,36). The molecule has 9 nitrogen and oxygen atoms in total. The molecule has 0 aliphatic carbocycles. The molecule has 2 heterocycles. The van der Waals surface area contributed by atoms with E-state index in [1.54, 1.807) is 19.2 Å². The van der Waals surface area contributed by atoms with Crippen molar-refractivity contribution in [2.45, 2.75) is 32.4 Å². The average molecular weight is 511 g/mol. The number of benzene rings is 2. The zero-order valence-electron chi connectivity index (χ0n) is 20.7. The van der Waals surface area contributed by atoms with Gasteiger partial charge >= 0.3 is 0 Å². The van der Waals surface area contributed by atoms with Crippen LogP contribution in [0.1, 0.15) is 36.3 Å². The summed E-state index contributed by atoms with van der Waals surface area (Å²) in [5.74, 6) is -2.66. The van der Waals surface area contributed by atoms with Gasteiger partial charge in [-0.15, -0.1) is 0 Å². The fraction of sp³-hybridized carbons (Fsp3) is 0.308. The smallest absolute Gasteiger partial charge is 0.276 e. The molecule has 1 aliphatic heterocycles. The summed E-state index contributed by atoms with van der Waals surface area (Å²) in [5.41, 5.74) is 0.716. The van der Waals surface area contributed by atoms with Gasteiger partial charge < -0.3 is 25.7 Å². The van der Waals surface area contributed by atoms with Gasteiger partial charge in [-0.25, -0.2) is 8.78 Å². The monoisotopic (exact) mass is 510 g/mol. The highest BCUT2D eigenvalue weighted by Gasteiger charge is 2.28. The van der Waals surface area contributed by atoms with Crippen molar-refractivity contribution in [3.63, 3.8) is 0 Å². The minimum Gasteiger partial charge on any atom is -0.382 e. The Hall–Kier alpha value is -4.12. The van der Waals surface area contributed by atoms with Gasteiger partial charge in [-0.3, -0.25) is 9.59 Å². The number of methoxy groups -OCH3 is 1. The fourth-order valence-electron chi connectivity index (χ4n) is 4.33. The number of halogens is 2. The van der Waals surface area contributed by atoms with Crippen LogP contribution in [0.2, 0.25) is 0 Å². The Labute approximate surface area is 212 Å². The summed E-state index contributed by atoms with van der Waals surface area (Å²) in [6.07, 6.45) is 2.02. The molecule has 3 aromatic rings. The Morgan fingerprint density at radius 3 is 2.46 bits per heavy atom. The van der Waals surface area contributed by atoms with Crippen molar-refractivity contribution in [3.8, 4) is 5.69 Å². The largest absolute Gasteiger partial charge is 0.382 e. The molecule has 2 aromatic carbocycles. The van der Waals surface area contributed by atoms with Gasteiger partial charge in [0, 0.05) is 49.8 Å². The molecule has 1 saturated heterocycles. The Kier molecular flexibility index (Phi) is 7.63. The molecular formula is C26H28F2N6O3. The van der Waals surface area contributed by atoms with E-state index in [-0.39, 0.29) is 17.8 Å². The zero-order chi connectivity index (χ0) is 26.7. The van der Waals surface area contributed by atoms with Crippen molar-refractivity contribution >= 4 is 29.2 Å². The van der Waals surface area contributed by atoms with Gasteiger partial charge in [-0.1, -0.05) is 6.07 Å². The second kappa shape index (κ2) is 10.9. The van der Waals surface area contributed by atoms with Crippen molar-refractivity contribution in [2.75, 3.05) is 35.7 Å². The SMILES string of the molecule is COC1CCN(c2c(NC(=O)c3ccc(=O)n(-c4c(F)cccc4F)n3)ccc(NC(C)C)c2C=N)C1. The van der Waals surface area contributed by atoms with Gasteiger partial charge in [0.1, 0.15) is 11.4 Å². The van der Waals surface area contributed by atoms with Gasteiger partial charge in [0.25, 0.3) is 11.5 Å². The molecule has 0 bridgehead atoms. The summed E-state index contributed by atoms with van der Waals surface area (Å²) in [7, 11) is 1.64. The number of amides is 1. The van der Waals surface area contributed by atoms with E-state index < -0.39 is 28.8 Å². The molecule has 0 saturated carbocycles. The summed E-state index contributed by atoms with van der Waals surface area (Å²) in [5, 5.41) is 18.2. The lowest BCUT2D eigenvalue weighted by Gasteiger charge is -2.26. The predicted octanol–water partition coefficient (Wildman–Crippen LogP) is 3.81. The highest BCUT2D eigenvalue weighted by molar-refractivity contribution is 6.08. The molecule has 0 radical (unpaired) electrons. The van der Waals surface area contributed by atoms with Crippen LogP contribution in [0.3, 0.4) is 0 Å². The third kappa shape index (κ3) is 5.36. The predicted molar refractivity (Wildman–Crippen MR) is 138 cm³/mol. The Morgan fingerprint density at radius 2 is 1.84 bits per heavy atom. The molecule has 1 aromatic heterocycles. The lowest BCUT2D eigenvalue weighted by molar-refractivity contribution is 0.102. The maximum atomic E-state index is 14.3. The van der Waals surface area contributed by atoms with E-state index in [2.05, 4.69) is 15.7 Å². The van der Waals surface area contributed by atoms with Gasteiger partial charge in [0.05, 0.1) is 17.5 Å². The third-order valence-electron chi connectivity index (χ3n) is 6.03. The van der Waals surface area contributed by atoms with Crippen LogP contribution in [0.15, 0.2) is 47.3 Å². The lowest BCUT2D eigenvalue weighted by atomic mass is 10.1. The maximum absolute atomic E-state index is 14.3. The molecule has 194 valence electrons. The van der Waals surface area contributed by atoms with Gasteiger partial charge in [0.2, 0.25) is 0 Å². The molecular weight excluding hydrogens is 482 g/mol. The van der Waals surface area contributed by atoms with Crippen LogP contribution in [0, 0.1) is 17.0 Å². The van der Waals surface area contributed by atoms with E-state index in [1.807, 2.05) is 18.7 Å². The topological polar surface area (TPSA) is 112 Å². The van der Waals surface area contributed by atoms with Crippen LogP contribution in [0.25, 0.3) is 5.69 Å². The maximum Gasteiger partial charge on any atom is 0.276 e. The highest BCUT2D eigenvalue weighted by Crippen LogP contribution is 2.37. The number of aromatic nitrogens is 2. The van der Waals surface area contributed by atoms with Crippen LogP contribution in [-0.4, -0.2) is 54.2 Å². The summed E-state index contributed by atoms with van der Waals surface area (Å²) in [6.45, 7) is 5.20. The molecule has 37 heavy (non-hydrogen) atoms. The molecule has 0 spiro atoms. The minimum absolute atomic E-state index is 0.00439. The molecule has 11 heteroatoms. The Morgan fingerprint density at radius 1 is 1.14 bits per heavy atom. The lowest BCUT2D eigenvalue weighted by Crippen LogP contribution is -2.28. The molecule has 1 atom stereocenters.